The molecule has 5 heteroatoms. The standard InChI is InChI=1S/C13H22N2O2S/c1-5-6-9-18(16,17)15(4)13-10-12(14-3)8-7-11(13)2/h7-8,10,14H,5-6,9H2,1-4H3. The Morgan fingerprint density at radius 1 is 1.33 bits per heavy atom. The van der Waals surface area contributed by atoms with Gasteiger partial charge in [-0.1, -0.05) is 19.4 Å². The summed E-state index contributed by atoms with van der Waals surface area (Å²) in [5.41, 5.74) is 2.60. The molecule has 1 aromatic carbocycles. The van der Waals surface area contributed by atoms with Crippen LogP contribution in [0.5, 0.6) is 0 Å². The van der Waals surface area contributed by atoms with Crippen molar-refractivity contribution in [3.63, 3.8) is 0 Å². The molecule has 0 unspecified atom stereocenters. The third-order valence-electron chi connectivity index (χ3n) is 3.01. The molecule has 0 amide bonds. The summed E-state index contributed by atoms with van der Waals surface area (Å²) in [4.78, 5) is 0. The lowest BCUT2D eigenvalue weighted by atomic mass is 10.2. The Morgan fingerprint density at radius 3 is 2.56 bits per heavy atom. The zero-order chi connectivity index (χ0) is 13.8. The Balaban J connectivity index is 3.06. The van der Waals surface area contributed by atoms with E-state index in [1.807, 2.05) is 39.1 Å². The van der Waals surface area contributed by atoms with Crippen LogP contribution in [-0.4, -0.2) is 28.3 Å². The Labute approximate surface area is 110 Å². The molecular formula is C13H22N2O2S. The zero-order valence-electron chi connectivity index (χ0n) is 11.5. The fourth-order valence-electron chi connectivity index (χ4n) is 1.72. The largest absolute Gasteiger partial charge is 0.388 e. The predicted molar refractivity (Wildman–Crippen MR) is 77.8 cm³/mol. The molecule has 0 saturated carbocycles. The maximum atomic E-state index is 12.1. The summed E-state index contributed by atoms with van der Waals surface area (Å²) in [5.74, 6) is 0.198. The monoisotopic (exact) mass is 270 g/mol. The molecule has 1 N–H and O–H groups in total. The first-order valence-electron chi connectivity index (χ1n) is 6.17. The molecule has 4 nitrogen and oxygen atoms in total. The molecule has 0 radical (unpaired) electrons. The van der Waals surface area contributed by atoms with E-state index in [1.165, 1.54) is 4.31 Å². The maximum absolute atomic E-state index is 12.1. The quantitative estimate of drug-likeness (QED) is 0.864. The molecular weight excluding hydrogens is 248 g/mol. The molecule has 102 valence electrons. The van der Waals surface area contributed by atoms with E-state index in [0.29, 0.717) is 6.42 Å². The van der Waals surface area contributed by atoms with Crippen molar-refractivity contribution in [3.05, 3.63) is 23.8 Å². The summed E-state index contributed by atoms with van der Waals surface area (Å²) in [6, 6.07) is 5.72. The van der Waals surface area contributed by atoms with Crippen LogP contribution in [0.15, 0.2) is 18.2 Å². The molecule has 0 atom stereocenters. The molecule has 0 spiro atoms. The van der Waals surface area contributed by atoms with Gasteiger partial charge in [0, 0.05) is 19.8 Å². The van der Waals surface area contributed by atoms with Crippen LogP contribution in [0.25, 0.3) is 0 Å². The van der Waals surface area contributed by atoms with E-state index >= 15 is 0 Å². The number of aryl methyl sites for hydroxylation is 1. The highest BCUT2D eigenvalue weighted by Crippen LogP contribution is 2.25. The third kappa shape index (κ3) is 3.38. The van der Waals surface area contributed by atoms with Crippen LogP contribution in [0, 0.1) is 6.92 Å². The summed E-state index contributed by atoms with van der Waals surface area (Å²) < 4.78 is 25.7. The second-order valence-corrected chi connectivity index (χ2v) is 6.51. The fourth-order valence-corrected chi connectivity index (χ4v) is 3.14. The molecule has 1 rings (SSSR count). The van der Waals surface area contributed by atoms with Gasteiger partial charge in [-0.15, -0.1) is 0 Å². The zero-order valence-corrected chi connectivity index (χ0v) is 12.3. The number of hydrogen-bond acceptors (Lipinski definition) is 3. The number of rotatable bonds is 6. The summed E-state index contributed by atoms with van der Waals surface area (Å²) in [5, 5.41) is 3.02. The summed E-state index contributed by atoms with van der Waals surface area (Å²) in [6.07, 6.45) is 1.57. The molecule has 0 aliphatic heterocycles. The number of nitrogens with one attached hydrogen (secondary N) is 1. The van der Waals surface area contributed by atoms with Gasteiger partial charge in [0.05, 0.1) is 11.4 Å². The van der Waals surface area contributed by atoms with Gasteiger partial charge in [0.15, 0.2) is 0 Å². The highest BCUT2D eigenvalue weighted by Gasteiger charge is 2.19. The molecule has 0 bridgehead atoms. The average molecular weight is 270 g/mol. The predicted octanol–water partition coefficient (Wildman–Crippen LogP) is 2.60. The lowest BCUT2D eigenvalue weighted by Crippen LogP contribution is -2.29. The number of anilines is 2. The van der Waals surface area contributed by atoms with Gasteiger partial charge < -0.3 is 5.32 Å². The van der Waals surface area contributed by atoms with E-state index in [9.17, 15) is 8.42 Å². The Hall–Kier alpha value is -1.23. The number of sulfonamides is 1. The van der Waals surface area contributed by atoms with Crippen LogP contribution >= 0.6 is 0 Å². The first-order valence-corrected chi connectivity index (χ1v) is 7.78. The highest BCUT2D eigenvalue weighted by molar-refractivity contribution is 7.92. The number of benzene rings is 1. The molecule has 0 heterocycles. The van der Waals surface area contributed by atoms with E-state index in [0.717, 1.165) is 23.4 Å². The highest BCUT2D eigenvalue weighted by atomic mass is 32.2. The van der Waals surface area contributed by atoms with E-state index in [4.69, 9.17) is 0 Å². The van der Waals surface area contributed by atoms with Gasteiger partial charge in [-0.2, -0.15) is 0 Å². The first-order chi connectivity index (χ1) is 8.42. The van der Waals surface area contributed by atoms with Crippen molar-refractivity contribution in [2.75, 3.05) is 29.5 Å². The second-order valence-electron chi connectivity index (χ2n) is 4.39. The van der Waals surface area contributed by atoms with Crippen molar-refractivity contribution in [2.24, 2.45) is 0 Å². The molecule has 0 saturated heterocycles. The molecule has 0 fully saturated rings. The van der Waals surface area contributed by atoms with Crippen LogP contribution in [0.4, 0.5) is 11.4 Å². The lowest BCUT2D eigenvalue weighted by Gasteiger charge is -2.22. The van der Waals surface area contributed by atoms with Gasteiger partial charge in [-0.05, 0) is 31.0 Å². The van der Waals surface area contributed by atoms with Crippen LogP contribution in [0.2, 0.25) is 0 Å². The van der Waals surface area contributed by atoms with Crippen molar-refractivity contribution in [1.82, 2.24) is 0 Å². The SMILES string of the molecule is CCCCS(=O)(=O)N(C)c1cc(NC)ccc1C. The number of hydrogen-bond donors (Lipinski definition) is 1. The van der Waals surface area contributed by atoms with Crippen molar-refractivity contribution in [1.29, 1.82) is 0 Å². The maximum Gasteiger partial charge on any atom is 0.234 e. The lowest BCUT2D eigenvalue weighted by molar-refractivity contribution is 0.591. The average Bonchev–Trinajstić information content (AvgIpc) is 2.36. The fraction of sp³-hybridized carbons (Fsp3) is 0.538. The minimum atomic E-state index is -3.22. The van der Waals surface area contributed by atoms with Crippen LogP contribution < -0.4 is 9.62 Å². The Kier molecular flexibility index (Phi) is 5.02. The summed E-state index contributed by atoms with van der Waals surface area (Å²) >= 11 is 0. The number of unbranched alkanes of at least 4 members (excludes halogenated alkanes) is 1. The smallest absolute Gasteiger partial charge is 0.234 e. The summed E-state index contributed by atoms with van der Waals surface area (Å²) in [6.45, 7) is 3.91. The summed E-state index contributed by atoms with van der Waals surface area (Å²) in [7, 11) is 0.220. The van der Waals surface area contributed by atoms with Crippen molar-refractivity contribution in [3.8, 4) is 0 Å². The van der Waals surface area contributed by atoms with Gasteiger partial charge in [0.25, 0.3) is 0 Å². The van der Waals surface area contributed by atoms with Crippen molar-refractivity contribution < 1.29 is 8.42 Å². The normalized spacial score (nSPS) is 11.3. The van der Waals surface area contributed by atoms with Crippen LogP contribution in [-0.2, 0) is 10.0 Å². The van der Waals surface area contributed by atoms with Crippen molar-refractivity contribution in [2.45, 2.75) is 26.7 Å². The minimum absolute atomic E-state index is 0.198. The van der Waals surface area contributed by atoms with E-state index in [-0.39, 0.29) is 5.75 Å². The Morgan fingerprint density at radius 2 is 2.00 bits per heavy atom. The van der Waals surface area contributed by atoms with Gasteiger partial charge >= 0.3 is 0 Å². The van der Waals surface area contributed by atoms with Gasteiger partial charge in [0.1, 0.15) is 0 Å². The van der Waals surface area contributed by atoms with Gasteiger partial charge in [0.2, 0.25) is 10.0 Å². The Bertz CT molecular complexity index is 498. The molecule has 0 aromatic heterocycles. The third-order valence-corrected chi connectivity index (χ3v) is 4.85. The van der Waals surface area contributed by atoms with E-state index in [2.05, 4.69) is 5.32 Å². The topological polar surface area (TPSA) is 49.4 Å². The van der Waals surface area contributed by atoms with Gasteiger partial charge in [-0.25, -0.2) is 8.42 Å². The molecule has 0 aliphatic carbocycles. The molecule has 18 heavy (non-hydrogen) atoms. The van der Waals surface area contributed by atoms with E-state index < -0.39 is 10.0 Å². The van der Waals surface area contributed by atoms with Crippen molar-refractivity contribution >= 4 is 21.4 Å². The minimum Gasteiger partial charge on any atom is -0.388 e. The second kappa shape index (κ2) is 6.09. The van der Waals surface area contributed by atoms with Crippen LogP contribution in [0.3, 0.4) is 0 Å². The van der Waals surface area contributed by atoms with Crippen LogP contribution in [0.1, 0.15) is 25.3 Å². The van der Waals surface area contributed by atoms with Gasteiger partial charge in [-0.3, -0.25) is 4.31 Å². The van der Waals surface area contributed by atoms with E-state index in [1.54, 1.807) is 7.05 Å². The molecule has 1 aromatic rings. The number of nitrogens with zero attached hydrogens (tertiary/aromatic N) is 1. The first kappa shape index (κ1) is 14.8. The molecule has 0 aliphatic rings.